The lowest BCUT2D eigenvalue weighted by Gasteiger charge is -2.29. The molecule has 1 aliphatic heterocycles. The minimum absolute atomic E-state index is 0.180. The van der Waals surface area contributed by atoms with Crippen LogP contribution >= 0.6 is 11.6 Å². The van der Waals surface area contributed by atoms with E-state index in [0.717, 1.165) is 18.5 Å². The predicted molar refractivity (Wildman–Crippen MR) is 78.5 cm³/mol. The molecular weight excluding hydrogens is 258 g/mol. The number of likely N-dealkylation sites (tertiary alicyclic amines) is 1. The fourth-order valence-corrected chi connectivity index (χ4v) is 4.01. The Kier molecular flexibility index (Phi) is 3.99. The van der Waals surface area contributed by atoms with Gasteiger partial charge in [-0.3, -0.25) is 4.90 Å². The Bertz CT molecular complexity index is 442. The number of rotatable bonds is 3. The van der Waals surface area contributed by atoms with E-state index in [-0.39, 0.29) is 5.75 Å². The van der Waals surface area contributed by atoms with E-state index in [1.807, 2.05) is 12.1 Å². The van der Waals surface area contributed by atoms with E-state index in [9.17, 15) is 5.11 Å². The van der Waals surface area contributed by atoms with Crippen LogP contribution in [0.15, 0.2) is 18.2 Å². The molecule has 1 saturated carbocycles. The Morgan fingerprint density at radius 2 is 1.95 bits per heavy atom. The lowest BCUT2D eigenvalue weighted by molar-refractivity contribution is 0.183. The molecule has 104 valence electrons. The number of hydrogen-bond donors (Lipinski definition) is 1. The summed E-state index contributed by atoms with van der Waals surface area (Å²) in [6, 6.07) is 6.37. The molecule has 1 N–H and O–H groups in total. The number of phenols is 1. The highest BCUT2D eigenvalue weighted by Crippen LogP contribution is 2.36. The van der Waals surface area contributed by atoms with Crippen LogP contribution in [-0.4, -0.2) is 22.6 Å². The Hall–Kier alpha value is -0.730. The molecule has 1 aliphatic carbocycles. The zero-order valence-electron chi connectivity index (χ0n) is 11.3. The van der Waals surface area contributed by atoms with Crippen LogP contribution in [0.5, 0.6) is 5.75 Å². The maximum absolute atomic E-state index is 9.48. The lowest BCUT2D eigenvalue weighted by Crippen LogP contribution is -2.34. The van der Waals surface area contributed by atoms with Gasteiger partial charge in [-0.25, -0.2) is 0 Å². The number of halogens is 1. The van der Waals surface area contributed by atoms with E-state index in [1.54, 1.807) is 6.07 Å². The van der Waals surface area contributed by atoms with Gasteiger partial charge in [0.05, 0.1) is 5.02 Å². The van der Waals surface area contributed by atoms with Crippen molar-refractivity contribution in [2.75, 3.05) is 6.54 Å². The molecule has 1 aromatic rings. The van der Waals surface area contributed by atoms with Crippen molar-refractivity contribution < 1.29 is 5.11 Å². The van der Waals surface area contributed by atoms with Crippen LogP contribution < -0.4 is 0 Å². The van der Waals surface area contributed by atoms with Crippen LogP contribution in [0, 0.1) is 5.92 Å². The molecule has 0 aromatic heterocycles. The van der Waals surface area contributed by atoms with E-state index >= 15 is 0 Å². The van der Waals surface area contributed by atoms with Crippen molar-refractivity contribution in [3.63, 3.8) is 0 Å². The summed E-state index contributed by atoms with van der Waals surface area (Å²) in [6.45, 7) is 2.18. The highest BCUT2D eigenvalue weighted by Gasteiger charge is 2.33. The Morgan fingerprint density at radius 3 is 2.68 bits per heavy atom. The smallest absolute Gasteiger partial charge is 0.134 e. The van der Waals surface area contributed by atoms with Gasteiger partial charge in [0.15, 0.2) is 0 Å². The van der Waals surface area contributed by atoms with Crippen molar-refractivity contribution in [2.45, 2.75) is 51.1 Å². The molecule has 19 heavy (non-hydrogen) atoms. The first-order chi connectivity index (χ1) is 9.24. The summed E-state index contributed by atoms with van der Waals surface area (Å²) in [4.78, 5) is 2.62. The van der Waals surface area contributed by atoms with Crippen molar-refractivity contribution in [1.29, 1.82) is 0 Å². The molecule has 2 aliphatic rings. The van der Waals surface area contributed by atoms with Gasteiger partial charge in [-0.15, -0.1) is 0 Å². The predicted octanol–water partition coefficient (Wildman–Crippen LogP) is 4.20. The Morgan fingerprint density at radius 1 is 1.16 bits per heavy atom. The van der Waals surface area contributed by atoms with Gasteiger partial charge >= 0.3 is 0 Å². The van der Waals surface area contributed by atoms with Crippen molar-refractivity contribution in [3.8, 4) is 5.75 Å². The van der Waals surface area contributed by atoms with Gasteiger partial charge in [0.25, 0.3) is 0 Å². The molecule has 2 fully saturated rings. The van der Waals surface area contributed by atoms with Crippen molar-refractivity contribution >= 4 is 11.6 Å². The molecule has 3 heteroatoms. The van der Waals surface area contributed by atoms with Crippen LogP contribution in [0.3, 0.4) is 0 Å². The fraction of sp³-hybridized carbons (Fsp3) is 0.625. The highest BCUT2D eigenvalue weighted by atomic mass is 35.5. The first kappa shape index (κ1) is 13.3. The number of benzene rings is 1. The van der Waals surface area contributed by atoms with Gasteiger partial charge in [-0.05, 0) is 55.8 Å². The van der Waals surface area contributed by atoms with Gasteiger partial charge in [0.1, 0.15) is 5.75 Å². The van der Waals surface area contributed by atoms with Crippen LogP contribution in [0.25, 0.3) is 0 Å². The zero-order valence-corrected chi connectivity index (χ0v) is 12.1. The SMILES string of the molecule is Oc1ccc(CN2CCCC2C2CCCC2)cc1Cl. The molecule has 1 saturated heterocycles. The van der Waals surface area contributed by atoms with Crippen LogP contribution in [0.2, 0.25) is 5.02 Å². The molecule has 0 radical (unpaired) electrons. The lowest BCUT2D eigenvalue weighted by atomic mass is 9.96. The third-order valence-electron chi connectivity index (χ3n) is 4.76. The Labute approximate surface area is 120 Å². The minimum atomic E-state index is 0.180. The largest absolute Gasteiger partial charge is 0.506 e. The summed E-state index contributed by atoms with van der Waals surface area (Å²) < 4.78 is 0. The molecule has 3 rings (SSSR count). The van der Waals surface area contributed by atoms with E-state index < -0.39 is 0 Å². The quantitative estimate of drug-likeness (QED) is 0.896. The number of nitrogens with zero attached hydrogens (tertiary/aromatic N) is 1. The third kappa shape index (κ3) is 2.90. The van der Waals surface area contributed by atoms with Gasteiger partial charge < -0.3 is 5.11 Å². The maximum Gasteiger partial charge on any atom is 0.134 e. The minimum Gasteiger partial charge on any atom is -0.506 e. The standard InChI is InChI=1S/C16H22ClNO/c17-14-10-12(7-8-16(14)19)11-18-9-3-6-15(18)13-4-1-2-5-13/h7-8,10,13,15,19H,1-6,9,11H2. The van der Waals surface area contributed by atoms with E-state index in [2.05, 4.69) is 4.90 Å². The summed E-state index contributed by atoms with van der Waals surface area (Å²) in [6.07, 6.45) is 8.35. The topological polar surface area (TPSA) is 23.5 Å². The summed E-state index contributed by atoms with van der Waals surface area (Å²) >= 11 is 5.99. The molecule has 1 heterocycles. The molecule has 0 bridgehead atoms. The van der Waals surface area contributed by atoms with Gasteiger partial charge in [0.2, 0.25) is 0 Å². The monoisotopic (exact) mass is 279 g/mol. The van der Waals surface area contributed by atoms with Crippen molar-refractivity contribution in [3.05, 3.63) is 28.8 Å². The molecule has 1 unspecified atom stereocenters. The number of aromatic hydroxyl groups is 1. The van der Waals surface area contributed by atoms with Gasteiger partial charge in [0, 0.05) is 12.6 Å². The molecule has 0 amide bonds. The first-order valence-corrected chi connectivity index (χ1v) is 7.83. The normalized spacial score (nSPS) is 25.2. The maximum atomic E-state index is 9.48. The highest BCUT2D eigenvalue weighted by molar-refractivity contribution is 6.32. The van der Waals surface area contributed by atoms with E-state index in [4.69, 9.17) is 11.6 Å². The fourth-order valence-electron chi connectivity index (χ4n) is 3.81. The van der Waals surface area contributed by atoms with Gasteiger partial charge in [-0.1, -0.05) is 30.5 Å². The first-order valence-electron chi connectivity index (χ1n) is 7.45. The summed E-state index contributed by atoms with van der Waals surface area (Å²) in [5, 5.41) is 9.95. The molecule has 2 nitrogen and oxygen atoms in total. The summed E-state index contributed by atoms with van der Waals surface area (Å²) in [7, 11) is 0. The Balaban J connectivity index is 1.69. The number of phenolic OH excluding ortho intramolecular Hbond substituents is 1. The van der Waals surface area contributed by atoms with Crippen LogP contribution in [0.1, 0.15) is 44.1 Å². The van der Waals surface area contributed by atoms with Gasteiger partial charge in [-0.2, -0.15) is 0 Å². The summed E-state index contributed by atoms with van der Waals surface area (Å²) in [5.41, 5.74) is 1.22. The van der Waals surface area contributed by atoms with Crippen molar-refractivity contribution in [2.24, 2.45) is 5.92 Å². The molecule has 0 spiro atoms. The average Bonchev–Trinajstić information content (AvgIpc) is 3.04. The number of hydrogen-bond acceptors (Lipinski definition) is 2. The third-order valence-corrected chi connectivity index (χ3v) is 5.06. The van der Waals surface area contributed by atoms with Crippen LogP contribution in [-0.2, 0) is 6.54 Å². The molecule has 1 atom stereocenters. The second-order valence-corrected chi connectivity index (χ2v) is 6.42. The molecular formula is C16H22ClNO. The molecule has 1 aromatic carbocycles. The van der Waals surface area contributed by atoms with Crippen molar-refractivity contribution in [1.82, 2.24) is 4.90 Å². The van der Waals surface area contributed by atoms with Crippen LogP contribution in [0.4, 0.5) is 0 Å². The van der Waals surface area contributed by atoms with E-state index in [0.29, 0.717) is 5.02 Å². The second-order valence-electron chi connectivity index (χ2n) is 6.01. The second kappa shape index (κ2) is 5.72. The zero-order chi connectivity index (χ0) is 13.2. The van der Waals surface area contributed by atoms with E-state index in [1.165, 1.54) is 50.6 Å². The summed E-state index contributed by atoms with van der Waals surface area (Å²) in [5.74, 6) is 1.09. The average molecular weight is 280 g/mol.